The largest absolute Gasteiger partial charge is 0.342 e. The zero-order valence-corrected chi connectivity index (χ0v) is 8.15. The molecule has 11 heavy (non-hydrogen) atoms. The van der Waals surface area contributed by atoms with E-state index in [0.717, 1.165) is 13.1 Å². The van der Waals surface area contributed by atoms with Crippen LogP contribution in [0.25, 0.3) is 0 Å². The number of hydrogen-bond acceptors (Lipinski definition) is 2. The summed E-state index contributed by atoms with van der Waals surface area (Å²) in [6.07, 6.45) is 0. The maximum Gasteiger partial charge on any atom is 0.239 e. The Kier molecular flexibility index (Phi) is 7.79. The number of halogens is 1. The van der Waals surface area contributed by atoms with Gasteiger partial charge in [-0.05, 0) is 20.8 Å². The number of carbonyl (C=O) groups is 1. The molecule has 0 aliphatic carbocycles. The van der Waals surface area contributed by atoms with E-state index in [9.17, 15) is 4.79 Å². The molecule has 0 saturated heterocycles. The van der Waals surface area contributed by atoms with Crippen LogP contribution in [0.3, 0.4) is 0 Å². The van der Waals surface area contributed by atoms with E-state index in [2.05, 4.69) is 0 Å². The van der Waals surface area contributed by atoms with E-state index in [1.807, 2.05) is 13.8 Å². The molecule has 0 heterocycles. The van der Waals surface area contributed by atoms with Gasteiger partial charge in [0, 0.05) is 13.1 Å². The van der Waals surface area contributed by atoms with E-state index in [4.69, 9.17) is 5.73 Å². The molecule has 4 heteroatoms. The van der Waals surface area contributed by atoms with Gasteiger partial charge in [-0.15, -0.1) is 12.4 Å². The van der Waals surface area contributed by atoms with Crippen LogP contribution in [0.5, 0.6) is 0 Å². The van der Waals surface area contributed by atoms with Crippen molar-refractivity contribution >= 4 is 18.3 Å². The molecule has 1 atom stereocenters. The van der Waals surface area contributed by atoms with Crippen LogP contribution >= 0.6 is 12.4 Å². The number of hydrogen-bond donors (Lipinski definition) is 1. The van der Waals surface area contributed by atoms with E-state index in [1.165, 1.54) is 0 Å². The van der Waals surface area contributed by atoms with Gasteiger partial charge in [0.2, 0.25) is 5.91 Å². The smallest absolute Gasteiger partial charge is 0.239 e. The average molecular weight is 181 g/mol. The summed E-state index contributed by atoms with van der Waals surface area (Å²) in [5.74, 6) is 0.0324. The lowest BCUT2D eigenvalue weighted by molar-refractivity contribution is -0.131. The third kappa shape index (κ3) is 4.22. The molecule has 1 unspecified atom stereocenters. The van der Waals surface area contributed by atoms with Crippen molar-refractivity contribution in [3.63, 3.8) is 0 Å². The molecule has 0 spiro atoms. The predicted molar refractivity (Wildman–Crippen MR) is 48.8 cm³/mol. The summed E-state index contributed by atoms with van der Waals surface area (Å²) in [5.41, 5.74) is 5.40. The van der Waals surface area contributed by atoms with Gasteiger partial charge in [0.15, 0.2) is 0 Å². The summed E-state index contributed by atoms with van der Waals surface area (Å²) in [6.45, 7) is 7.10. The fraction of sp³-hybridized carbons (Fsp3) is 0.857. The second-order valence-electron chi connectivity index (χ2n) is 2.30. The van der Waals surface area contributed by atoms with Crippen LogP contribution in [-0.4, -0.2) is 29.9 Å². The highest BCUT2D eigenvalue weighted by atomic mass is 35.5. The van der Waals surface area contributed by atoms with Crippen LogP contribution in [-0.2, 0) is 4.79 Å². The number of amides is 1. The standard InChI is InChI=1S/C7H16N2O.ClH/c1-4-9(5-2)7(10)6(3)8;/h6H,4-5,8H2,1-3H3;1H. The first kappa shape index (κ1) is 13.3. The van der Waals surface area contributed by atoms with Gasteiger partial charge in [-0.1, -0.05) is 0 Å². The first-order valence-corrected chi connectivity index (χ1v) is 3.67. The predicted octanol–water partition coefficient (Wildman–Crippen LogP) is 0.624. The fourth-order valence-electron chi connectivity index (χ4n) is 0.823. The van der Waals surface area contributed by atoms with Gasteiger partial charge in [0.25, 0.3) is 0 Å². The van der Waals surface area contributed by atoms with Crippen molar-refractivity contribution in [3.8, 4) is 0 Å². The zero-order valence-electron chi connectivity index (χ0n) is 7.33. The lowest BCUT2D eigenvalue weighted by atomic mass is 10.3. The quantitative estimate of drug-likeness (QED) is 0.693. The normalized spacial score (nSPS) is 11.6. The van der Waals surface area contributed by atoms with E-state index >= 15 is 0 Å². The van der Waals surface area contributed by atoms with Gasteiger partial charge >= 0.3 is 0 Å². The Labute approximate surface area is 74.3 Å². The fourth-order valence-corrected chi connectivity index (χ4v) is 0.823. The van der Waals surface area contributed by atoms with E-state index in [1.54, 1.807) is 11.8 Å². The molecular formula is C7H17ClN2O. The summed E-state index contributed by atoms with van der Waals surface area (Å²) in [7, 11) is 0. The maximum absolute atomic E-state index is 11.1. The molecule has 0 aromatic heterocycles. The molecule has 3 nitrogen and oxygen atoms in total. The first-order chi connectivity index (χ1) is 4.63. The number of nitrogens with two attached hydrogens (primary N) is 1. The van der Waals surface area contributed by atoms with Crippen molar-refractivity contribution < 1.29 is 4.79 Å². The minimum atomic E-state index is -0.361. The zero-order chi connectivity index (χ0) is 8.15. The molecule has 0 rings (SSSR count). The van der Waals surface area contributed by atoms with Crippen LogP contribution < -0.4 is 5.73 Å². The molecule has 0 aromatic carbocycles. The maximum atomic E-state index is 11.1. The summed E-state index contributed by atoms with van der Waals surface area (Å²) < 4.78 is 0. The van der Waals surface area contributed by atoms with Crippen LogP contribution in [0.2, 0.25) is 0 Å². The topological polar surface area (TPSA) is 46.3 Å². The highest BCUT2D eigenvalue weighted by Crippen LogP contribution is 1.90. The summed E-state index contributed by atoms with van der Waals surface area (Å²) in [5, 5.41) is 0. The van der Waals surface area contributed by atoms with Crippen molar-refractivity contribution in [2.45, 2.75) is 26.8 Å². The Hall–Kier alpha value is -0.280. The molecule has 0 radical (unpaired) electrons. The third-order valence-electron chi connectivity index (χ3n) is 1.46. The molecule has 0 fully saturated rings. The SMILES string of the molecule is CCN(CC)C(=O)C(C)N.Cl. The van der Waals surface area contributed by atoms with Gasteiger partial charge in [0.05, 0.1) is 6.04 Å². The molecule has 0 aliphatic heterocycles. The van der Waals surface area contributed by atoms with Crippen LogP contribution in [0, 0.1) is 0 Å². The van der Waals surface area contributed by atoms with Crippen LogP contribution in [0.4, 0.5) is 0 Å². The van der Waals surface area contributed by atoms with Gasteiger partial charge in [-0.25, -0.2) is 0 Å². The minimum Gasteiger partial charge on any atom is -0.342 e. The summed E-state index contributed by atoms with van der Waals surface area (Å²) >= 11 is 0. The van der Waals surface area contributed by atoms with E-state index in [-0.39, 0.29) is 24.4 Å². The van der Waals surface area contributed by atoms with Crippen molar-refractivity contribution in [1.29, 1.82) is 0 Å². The van der Waals surface area contributed by atoms with E-state index in [0.29, 0.717) is 0 Å². The Morgan fingerprint density at radius 2 is 1.82 bits per heavy atom. The lowest BCUT2D eigenvalue weighted by Crippen LogP contribution is -2.41. The van der Waals surface area contributed by atoms with Crippen LogP contribution in [0.1, 0.15) is 20.8 Å². The highest BCUT2D eigenvalue weighted by molar-refractivity contribution is 5.85. The average Bonchev–Trinajstić information content (AvgIpc) is 1.90. The second-order valence-corrected chi connectivity index (χ2v) is 2.30. The van der Waals surface area contributed by atoms with Gasteiger partial charge in [-0.2, -0.15) is 0 Å². The Morgan fingerprint density at radius 1 is 1.45 bits per heavy atom. The van der Waals surface area contributed by atoms with E-state index < -0.39 is 0 Å². The first-order valence-electron chi connectivity index (χ1n) is 3.67. The van der Waals surface area contributed by atoms with Gasteiger partial charge in [0.1, 0.15) is 0 Å². The Morgan fingerprint density at radius 3 is 1.91 bits per heavy atom. The molecule has 0 aromatic rings. The van der Waals surface area contributed by atoms with Crippen molar-refractivity contribution in [3.05, 3.63) is 0 Å². The van der Waals surface area contributed by atoms with Crippen molar-refractivity contribution in [2.75, 3.05) is 13.1 Å². The molecular weight excluding hydrogens is 164 g/mol. The minimum absolute atomic E-state index is 0. The number of likely N-dealkylation sites (N-methyl/N-ethyl adjacent to an activating group) is 1. The van der Waals surface area contributed by atoms with Crippen LogP contribution in [0.15, 0.2) is 0 Å². The molecule has 1 amide bonds. The molecule has 0 bridgehead atoms. The highest BCUT2D eigenvalue weighted by Gasteiger charge is 2.12. The Balaban J connectivity index is 0. The Bertz CT molecular complexity index is 113. The van der Waals surface area contributed by atoms with Gasteiger partial charge < -0.3 is 10.6 Å². The second kappa shape index (κ2) is 6.43. The molecule has 0 aliphatic rings. The molecule has 68 valence electrons. The molecule has 2 N–H and O–H groups in total. The summed E-state index contributed by atoms with van der Waals surface area (Å²) in [6, 6.07) is -0.361. The van der Waals surface area contributed by atoms with Gasteiger partial charge in [-0.3, -0.25) is 4.79 Å². The third-order valence-corrected chi connectivity index (χ3v) is 1.46. The van der Waals surface area contributed by atoms with Crippen molar-refractivity contribution in [1.82, 2.24) is 4.90 Å². The lowest BCUT2D eigenvalue weighted by Gasteiger charge is -2.20. The molecule has 0 saturated carbocycles. The summed E-state index contributed by atoms with van der Waals surface area (Å²) in [4.78, 5) is 12.8. The number of rotatable bonds is 3. The number of carbonyl (C=O) groups excluding carboxylic acids is 1. The monoisotopic (exact) mass is 180 g/mol. The van der Waals surface area contributed by atoms with Crippen molar-refractivity contribution in [2.24, 2.45) is 5.73 Å². The number of nitrogens with zero attached hydrogens (tertiary/aromatic N) is 1.